The molecule has 1 aromatic rings. The first-order chi connectivity index (χ1) is 7.25. The quantitative estimate of drug-likeness (QED) is 0.718. The maximum Gasteiger partial charge on any atom is 0.323 e. The maximum atomic E-state index is 11.2. The number of hydrogen-bond acceptors (Lipinski definition) is 4. The summed E-state index contributed by atoms with van der Waals surface area (Å²) >= 11 is 0. The van der Waals surface area contributed by atoms with Crippen LogP contribution in [0.4, 0.5) is 0 Å². The number of rotatable bonds is 4. The van der Waals surface area contributed by atoms with Gasteiger partial charge in [-0.3, -0.25) is 14.8 Å². The maximum absolute atomic E-state index is 11.2. The molecule has 5 heteroatoms. The van der Waals surface area contributed by atoms with Gasteiger partial charge in [0, 0.05) is 24.9 Å². The molecule has 1 aromatic heterocycles. The van der Waals surface area contributed by atoms with Crippen molar-refractivity contribution in [2.24, 2.45) is 0 Å². The number of hydrogen-bond donors (Lipinski definition) is 1. The Morgan fingerprint density at radius 2 is 2.67 bits per heavy atom. The standard InChI is InChI=1S/C10H15N3O2/c1-8(7-13-5-2-4-11-13)12-9-3-6-15-10(9)14/h2,4-5,8-9,12H,3,6-7H2,1H3/t8-,9+/m0/s1. The molecular weight excluding hydrogens is 194 g/mol. The van der Waals surface area contributed by atoms with Gasteiger partial charge in [0.2, 0.25) is 0 Å². The Hall–Kier alpha value is -1.36. The highest BCUT2D eigenvalue weighted by atomic mass is 16.5. The van der Waals surface area contributed by atoms with Gasteiger partial charge in [-0.25, -0.2) is 0 Å². The summed E-state index contributed by atoms with van der Waals surface area (Å²) in [6.07, 6.45) is 4.42. The van der Waals surface area contributed by atoms with Crippen molar-refractivity contribution in [2.75, 3.05) is 6.61 Å². The number of carbonyl (C=O) groups excluding carboxylic acids is 1. The predicted octanol–water partition coefficient (Wildman–Crippen LogP) is 0.177. The predicted molar refractivity (Wildman–Crippen MR) is 54.2 cm³/mol. The van der Waals surface area contributed by atoms with E-state index in [1.807, 2.05) is 23.9 Å². The minimum atomic E-state index is -0.143. The van der Waals surface area contributed by atoms with Crippen molar-refractivity contribution in [3.05, 3.63) is 18.5 Å². The minimum Gasteiger partial charge on any atom is -0.464 e. The van der Waals surface area contributed by atoms with Gasteiger partial charge in [-0.1, -0.05) is 0 Å². The van der Waals surface area contributed by atoms with Crippen LogP contribution in [0.1, 0.15) is 13.3 Å². The van der Waals surface area contributed by atoms with Gasteiger partial charge < -0.3 is 4.74 Å². The first kappa shape index (κ1) is 10.2. The van der Waals surface area contributed by atoms with Crippen LogP contribution in [0.3, 0.4) is 0 Å². The number of nitrogens with zero attached hydrogens (tertiary/aromatic N) is 2. The van der Waals surface area contributed by atoms with Crippen LogP contribution in [0.2, 0.25) is 0 Å². The van der Waals surface area contributed by atoms with Crippen molar-refractivity contribution >= 4 is 5.97 Å². The average molecular weight is 209 g/mol. The average Bonchev–Trinajstić information content (AvgIpc) is 2.79. The molecular formula is C10H15N3O2. The second kappa shape index (κ2) is 4.44. The lowest BCUT2D eigenvalue weighted by molar-refractivity contribution is -0.139. The molecule has 0 bridgehead atoms. The Bertz CT molecular complexity index is 323. The highest BCUT2D eigenvalue weighted by molar-refractivity contribution is 5.77. The summed E-state index contributed by atoms with van der Waals surface area (Å²) in [4.78, 5) is 11.2. The Morgan fingerprint density at radius 3 is 3.27 bits per heavy atom. The fourth-order valence-electron chi connectivity index (χ4n) is 1.73. The molecule has 82 valence electrons. The van der Waals surface area contributed by atoms with E-state index in [1.165, 1.54) is 0 Å². The fraction of sp³-hybridized carbons (Fsp3) is 0.600. The van der Waals surface area contributed by atoms with E-state index in [2.05, 4.69) is 10.4 Å². The van der Waals surface area contributed by atoms with Gasteiger partial charge in [0.25, 0.3) is 0 Å². The van der Waals surface area contributed by atoms with Crippen LogP contribution in [-0.2, 0) is 16.1 Å². The zero-order valence-corrected chi connectivity index (χ0v) is 8.72. The third-order valence-electron chi connectivity index (χ3n) is 2.44. The Balaban J connectivity index is 1.82. The van der Waals surface area contributed by atoms with Crippen LogP contribution in [0.5, 0.6) is 0 Å². The van der Waals surface area contributed by atoms with Gasteiger partial charge >= 0.3 is 5.97 Å². The topological polar surface area (TPSA) is 56.1 Å². The molecule has 1 saturated heterocycles. The third kappa shape index (κ3) is 2.56. The monoisotopic (exact) mass is 209 g/mol. The molecule has 0 spiro atoms. The largest absolute Gasteiger partial charge is 0.464 e. The van der Waals surface area contributed by atoms with Gasteiger partial charge in [0.05, 0.1) is 13.2 Å². The molecule has 0 aromatic carbocycles. The van der Waals surface area contributed by atoms with Crippen LogP contribution in [-0.4, -0.2) is 34.4 Å². The zero-order valence-electron chi connectivity index (χ0n) is 8.72. The van der Waals surface area contributed by atoms with E-state index in [0.717, 1.165) is 13.0 Å². The molecule has 1 N–H and O–H groups in total. The summed E-state index contributed by atoms with van der Waals surface area (Å²) < 4.78 is 6.72. The first-order valence-corrected chi connectivity index (χ1v) is 5.16. The highest BCUT2D eigenvalue weighted by Gasteiger charge is 2.27. The van der Waals surface area contributed by atoms with E-state index >= 15 is 0 Å². The van der Waals surface area contributed by atoms with Gasteiger partial charge in [-0.05, 0) is 13.0 Å². The highest BCUT2D eigenvalue weighted by Crippen LogP contribution is 2.07. The second-order valence-electron chi connectivity index (χ2n) is 3.80. The lowest BCUT2D eigenvalue weighted by Crippen LogP contribution is -2.41. The lowest BCUT2D eigenvalue weighted by Gasteiger charge is -2.16. The van der Waals surface area contributed by atoms with Crippen LogP contribution in [0.15, 0.2) is 18.5 Å². The van der Waals surface area contributed by atoms with Crippen molar-refractivity contribution in [2.45, 2.75) is 32.0 Å². The van der Waals surface area contributed by atoms with Crippen LogP contribution >= 0.6 is 0 Å². The smallest absolute Gasteiger partial charge is 0.323 e. The molecule has 2 rings (SSSR count). The van der Waals surface area contributed by atoms with Crippen molar-refractivity contribution in [3.63, 3.8) is 0 Å². The summed E-state index contributed by atoms with van der Waals surface area (Å²) in [6, 6.07) is 1.95. The molecule has 0 unspecified atom stereocenters. The molecule has 1 fully saturated rings. The first-order valence-electron chi connectivity index (χ1n) is 5.16. The second-order valence-corrected chi connectivity index (χ2v) is 3.80. The van der Waals surface area contributed by atoms with Crippen molar-refractivity contribution in [1.29, 1.82) is 0 Å². The molecule has 5 nitrogen and oxygen atoms in total. The van der Waals surface area contributed by atoms with E-state index in [-0.39, 0.29) is 18.1 Å². The fourth-order valence-corrected chi connectivity index (χ4v) is 1.73. The van der Waals surface area contributed by atoms with Crippen LogP contribution < -0.4 is 5.32 Å². The van der Waals surface area contributed by atoms with E-state index in [9.17, 15) is 4.79 Å². The van der Waals surface area contributed by atoms with Crippen LogP contribution in [0.25, 0.3) is 0 Å². The van der Waals surface area contributed by atoms with Crippen LogP contribution in [0, 0.1) is 0 Å². The molecule has 1 aliphatic rings. The van der Waals surface area contributed by atoms with Crippen molar-refractivity contribution in [3.8, 4) is 0 Å². The number of cyclic esters (lactones) is 1. The summed E-state index contributed by atoms with van der Waals surface area (Å²) in [5.74, 6) is -0.137. The van der Waals surface area contributed by atoms with E-state index < -0.39 is 0 Å². The van der Waals surface area contributed by atoms with Crippen molar-refractivity contribution in [1.82, 2.24) is 15.1 Å². The third-order valence-corrected chi connectivity index (χ3v) is 2.44. The number of nitrogens with one attached hydrogen (secondary N) is 1. The van der Waals surface area contributed by atoms with E-state index in [0.29, 0.717) is 6.61 Å². The van der Waals surface area contributed by atoms with Gasteiger partial charge in [-0.2, -0.15) is 5.10 Å². The number of esters is 1. The van der Waals surface area contributed by atoms with Crippen molar-refractivity contribution < 1.29 is 9.53 Å². The Morgan fingerprint density at radius 1 is 1.80 bits per heavy atom. The van der Waals surface area contributed by atoms with E-state index in [1.54, 1.807) is 6.20 Å². The molecule has 1 aliphatic heterocycles. The number of carbonyl (C=O) groups is 1. The van der Waals surface area contributed by atoms with E-state index in [4.69, 9.17) is 4.74 Å². The SMILES string of the molecule is C[C@@H](Cn1cccn1)N[C@@H]1CCOC1=O. The Labute approximate surface area is 88.4 Å². The molecule has 0 radical (unpaired) electrons. The lowest BCUT2D eigenvalue weighted by atomic mass is 10.2. The number of aromatic nitrogens is 2. The minimum absolute atomic E-state index is 0.137. The summed E-state index contributed by atoms with van der Waals surface area (Å²) in [6.45, 7) is 3.33. The van der Waals surface area contributed by atoms with Gasteiger partial charge in [-0.15, -0.1) is 0 Å². The molecule has 0 aliphatic carbocycles. The summed E-state index contributed by atoms with van der Waals surface area (Å²) in [7, 11) is 0. The molecule has 0 saturated carbocycles. The number of ether oxygens (including phenoxy) is 1. The normalized spacial score (nSPS) is 22.7. The molecule has 2 atom stereocenters. The summed E-state index contributed by atoms with van der Waals surface area (Å²) in [5, 5.41) is 7.34. The van der Waals surface area contributed by atoms with Gasteiger partial charge in [0.15, 0.2) is 0 Å². The Kier molecular flexibility index (Phi) is 3.01. The zero-order chi connectivity index (χ0) is 10.7. The molecule has 0 amide bonds. The molecule has 15 heavy (non-hydrogen) atoms. The summed E-state index contributed by atoms with van der Waals surface area (Å²) in [5.41, 5.74) is 0. The molecule has 2 heterocycles. The van der Waals surface area contributed by atoms with Gasteiger partial charge in [0.1, 0.15) is 6.04 Å².